The van der Waals surface area contributed by atoms with Gasteiger partial charge in [-0.2, -0.15) is 0 Å². The second kappa shape index (κ2) is 7.58. The molecule has 4 atom stereocenters. The molecule has 2 aliphatic rings. The Balaban J connectivity index is 1.56. The predicted octanol–water partition coefficient (Wildman–Crippen LogP) is -0.159. The van der Waals surface area contributed by atoms with Crippen LogP contribution in [0.15, 0.2) is 6.20 Å². The number of aromatic nitrogens is 3. The molecule has 0 radical (unpaired) electrons. The normalized spacial score (nSPS) is 30.8. The molecule has 1 heterocycles. The summed E-state index contributed by atoms with van der Waals surface area (Å²) in [6, 6.07) is -0.403. The zero-order chi connectivity index (χ0) is 17.1. The Labute approximate surface area is 141 Å². The van der Waals surface area contributed by atoms with Crippen LogP contribution in [0.4, 0.5) is 0 Å². The van der Waals surface area contributed by atoms with Crippen LogP contribution in [-0.4, -0.2) is 56.5 Å². The van der Waals surface area contributed by atoms with Crippen molar-refractivity contribution in [2.75, 3.05) is 7.11 Å². The summed E-state index contributed by atoms with van der Waals surface area (Å²) < 4.78 is 6.66. The molecule has 1 amide bonds. The van der Waals surface area contributed by atoms with E-state index in [1.54, 1.807) is 18.0 Å². The number of ether oxygens (including phenoxy) is 1. The number of hydrogen-bond donors (Lipinski definition) is 3. The first-order valence-electron chi connectivity index (χ1n) is 8.63. The molecule has 0 bridgehead atoms. The molecule has 0 spiro atoms. The van der Waals surface area contributed by atoms with Crippen molar-refractivity contribution in [3.63, 3.8) is 0 Å². The van der Waals surface area contributed by atoms with Gasteiger partial charge in [0.05, 0.1) is 24.9 Å². The van der Waals surface area contributed by atoms with E-state index in [1.165, 1.54) is 0 Å². The van der Waals surface area contributed by atoms with Gasteiger partial charge in [-0.05, 0) is 19.3 Å². The van der Waals surface area contributed by atoms with Gasteiger partial charge in [0.25, 0.3) is 0 Å². The average molecular weight is 338 g/mol. The van der Waals surface area contributed by atoms with Gasteiger partial charge < -0.3 is 20.3 Å². The minimum atomic E-state index is -0.942. The van der Waals surface area contributed by atoms with Crippen LogP contribution in [0.1, 0.15) is 37.8 Å². The fourth-order valence-corrected chi connectivity index (χ4v) is 3.82. The smallest absolute Gasteiger partial charge is 0.223 e. The molecular weight excluding hydrogens is 312 g/mol. The lowest BCUT2D eigenvalue weighted by atomic mass is 10.1. The van der Waals surface area contributed by atoms with E-state index in [0.717, 1.165) is 31.4 Å². The third-order valence-electron chi connectivity index (χ3n) is 5.16. The molecule has 8 nitrogen and oxygen atoms in total. The zero-order valence-corrected chi connectivity index (χ0v) is 14.0. The van der Waals surface area contributed by atoms with Crippen molar-refractivity contribution >= 4 is 5.91 Å². The van der Waals surface area contributed by atoms with Gasteiger partial charge in [-0.3, -0.25) is 9.48 Å². The first kappa shape index (κ1) is 17.3. The van der Waals surface area contributed by atoms with Crippen LogP contribution in [0, 0.1) is 11.8 Å². The van der Waals surface area contributed by atoms with Crippen molar-refractivity contribution in [2.24, 2.45) is 11.8 Å². The topological polar surface area (TPSA) is 110 Å². The molecule has 0 saturated heterocycles. The summed E-state index contributed by atoms with van der Waals surface area (Å²) in [4.78, 5) is 12.2. The number of methoxy groups -OCH3 is 1. The number of aliphatic hydroxyl groups excluding tert-OH is 2. The maximum Gasteiger partial charge on any atom is 0.223 e. The SMILES string of the molecule is COCc1cn(CC2CC(NC(=O)C3CCCC3)C(O)C2O)nn1. The van der Waals surface area contributed by atoms with Crippen molar-refractivity contribution < 1.29 is 19.7 Å². The fourth-order valence-electron chi connectivity index (χ4n) is 3.82. The van der Waals surface area contributed by atoms with Gasteiger partial charge in [-0.15, -0.1) is 5.10 Å². The number of rotatable bonds is 6. The predicted molar refractivity (Wildman–Crippen MR) is 84.7 cm³/mol. The van der Waals surface area contributed by atoms with Gasteiger partial charge in [0.15, 0.2) is 0 Å². The standard InChI is InChI=1S/C16H26N4O4/c1-24-9-12-8-20(19-18-12)7-11-6-13(15(22)14(11)21)17-16(23)10-4-2-3-5-10/h8,10-11,13-15,21-22H,2-7,9H2,1H3,(H,17,23). The first-order valence-corrected chi connectivity index (χ1v) is 8.63. The minimum Gasteiger partial charge on any atom is -0.390 e. The second-order valence-electron chi connectivity index (χ2n) is 6.94. The van der Waals surface area contributed by atoms with E-state index in [-0.39, 0.29) is 17.7 Å². The van der Waals surface area contributed by atoms with E-state index in [2.05, 4.69) is 15.6 Å². The summed E-state index contributed by atoms with van der Waals surface area (Å²) in [7, 11) is 1.59. The molecule has 4 unspecified atom stereocenters. The lowest BCUT2D eigenvalue weighted by Gasteiger charge is -2.20. The van der Waals surface area contributed by atoms with Crippen molar-refractivity contribution in [2.45, 2.75) is 63.5 Å². The van der Waals surface area contributed by atoms with Gasteiger partial charge in [-0.1, -0.05) is 18.1 Å². The lowest BCUT2D eigenvalue weighted by molar-refractivity contribution is -0.126. The van der Waals surface area contributed by atoms with Crippen LogP contribution in [0.3, 0.4) is 0 Å². The van der Waals surface area contributed by atoms with Crippen molar-refractivity contribution in [1.29, 1.82) is 0 Å². The van der Waals surface area contributed by atoms with E-state index in [0.29, 0.717) is 19.6 Å². The fraction of sp³-hybridized carbons (Fsp3) is 0.812. The minimum absolute atomic E-state index is 0.00698. The Bertz CT molecular complexity index is 558. The summed E-state index contributed by atoms with van der Waals surface area (Å²) in [5, 5.41) is 31.5. The summed E-state index contributed by atoms with van der Waals surface area (Å²) >= 11 is 0. The van der Waals surface area contributed by atoms with Gasteiger partial charge >= 0.3 is 0 Å². The van der Waals surface area contributed by atoms with Crippen molar-refractivity contribution in [3.8, 4) is 0 Å². The summed E-state index contributed by atoms with van der Waals surface area (Å²) in [5.41, 5.74) is 0.719. The molecule has 0 aliphatic heterocycles. The van der Waals surface area contributed by atoms with Crippen LogP contribution in [-0.2, 0) is 22.7 Å². The Morgan fingerprint density at radius 3 is 2.83 bits per heavy atom. The Morgan fingerprint density at radius 1 is 1.38 bits per heavy atom. The quantitative estimate of drug-likeness (QED) is 0.665. The molecular formula is C16H26N4O4. The molecule has 8 heteroatoms. The molecule has 3 rings (SSSR count). The largest absolute Gasteiger partial charge is 0.390 e. The van der Waals surface area contributed by atoms with Gasteiger partial charge in [0, 0.05) is 25.5 Å². The Kier molecular flexibility index (Phi) is 5.47. The summed E-state index contributed by atoms with van der Waals surface area (Å²) in [5.74, 6) is -0.112. The molecule has 2 saturated carbocycles. The number of carbonyl (C=O) groups is 1. The van der Waals surface area contributed by atoms with Gasteiger partial charge in [0.2, 0.25) is 5.91 Å². The van der Waals surface area contributed by atoms with Crippen LogP contribution >= 0.6 is 0 Å². The first-order chi connectivity index (χ1) is 11.6. The highest BCUT2D eigenvalue weighted by molar-refractivity contribution is 5.79. The molecule has 134 valence electrons. The molecule has 1 aromatic rings. The second-order valence-corrected chi connectivity index (χ2v) is 6.94. The van der Waals surface area contributed by atoms with E-state index in [9.17, 15) is 15.0 Å². The summed E-state index contributed by atoms with van der Waals surface area (Å²) in [6.45, 7) is 0.834. The van der Waals surface area contributed by atoms with Crippen molar-refractivity contribution in [1.82, 2.24) is 20.3 Å². The highest BCUT2D eigenvalue weighted by Crippen LogP contribution is 2.30. The maximum atomic E-state index is 12.2. The maximum absolute atomic E-state index is 12.2. The van der Waals surface area contributed by atoms with E-state index in [1.807, 2.05) is 0 Å². The highest BCUT2D eigenvalue weighted by Gasteiger charge is 2.43. The zero-order valence-electron chi connectivity index (χ0n) is 14.0. The van der Waals surface area contributed by atoms with Gasteiger partial charge in [0.1, 0.15) is 11.8 Å². The third kappa shape index (κ3) is 3.76. The molecule has 24 heavy (non-hydrogen) atoms. The van der Waals surface area contributed by atoms with E-state index in [4.69, 9.17) is 4.74 Å². The summed E-state index contributed by atoms with van der Waals surface area (Å²) in [6.07, 6.45) is 4.49. The monoisotopic (exact) mass is 338 g/mol. The molecule has 3 N–H and O–H groups in total. The van der Waals surface area contributed by atoms with Crippen LogP contribution in [0.25, 0.3) is 0 Å². The number of nitrogens with one attached hydrogen (secondary N) is 1. The number of nitrogens with zero attached hydrogens (tertiary/aromatic N) is 3. The third-order valence-corrected chi connectivity index (χ3v) is 5.16. The molecule has 2 fully saturated rings. The molecule has 1 aromatic heterocycles. The van der Waals surface area contributed by atoms with Gasteiger partial charge in [-0.25, -0.2) is 0 Å². The number of carbonyl (C=O) groups excluding carboxylic acids is 1. The number of amides is 1. The average Bonchev–Trinajstić information content (AvgIpc) is 3.28. The molecule has 0 aromatic carbocycles. The Hall–Kier alpha value is -1.51. The highest BCUT2D eigenvalue weighted by atomic mass is 16.5. The number of hydrogen-bond acceptors (Lipinski definition) is 6. The van der Waals surface area contributed by atoms with Crippen LogP contribution in [0.2, 0.25) is 0 Å². The lowest BCUT2D eigenvalue weighted by Crippen LogP contribution is -2.45. The molecule has 2 aliphatic carbocycles. The van der Waals surface area contributed by atoms with Crippen LogP contribution < -0.4 is 5.32 Å². The van der Waals surface area contributed by atoms with Crippen molar-refractivity contribution in [3.05, 3.63) is 11.9 Å². The van der Waals surface area contributed by atoms with E-state index >= 15 is 0 Å². The van der Waals surface area contributed by atoms with Crippen LogP contribution in [0.5, 0.6) is 0 Å². The number of aliphatic hydroxyl groups is 2. The van der Waals surface area contributed by atoms with E-state index < -0.39 is 18.2 Å². The Morgan fingerprint density at radius 2 is 2.12 bits per heavy atom.